The number of rotatable bonds is 5. The van der Waals surface area contributed by atoms with Crippen LogP contribution < -0.4 is 10.0 Å². The zero-order chi connectivity index (χ0) is 15.5. The Morgan fingerprint density at radius 1 is 1.30 bits per heavy atom. The van der Waals surface area contributed by atoms with Gasteiger partial charge in [-0.2, -0.15) is 0 Å². The van der Waals surface area contributed by atoms with E-state index in [0.29, 0.717) is 4.47 Å². The Labute approximate surface area is 136 Å². The summed E-state index contributed by atoms with van der Waals surface area (Å²) in [5, 5.41) is 2.51. The molecule has 1 aromatic rings. The summed E-state index contributed by atoms with van der Waals surface area (Å²) >= 11 is 14.9. The number of carbonyl (C=O) groups is 1. The van der Waals surface area contributed by atoms with Crippen LogP contribution in [0.1, 0.15) is 13.8 Å². The van der Waals surface area contributed by atoms with Crippen LogP contribution in [-0.2, 0) is 14.8 Å². The molecule has 0 aromatic heterocycles. The summed E-state index contributed by atoms with van der Waals surface area (Å²) in [6.07, 6.45) is 0. The first-order valence-corrected chi connectivity index (χ1v) is 8.60. The van der Waals surface area contributed by atoms with Crippen LogP contribution in [0.5, 0.6) is 0 Å². The Morgan fingerprint density at radius 2 is 1.80 bits per heavy atom. The van der Waals surface area contributed by atoms with Crippen LogP contribution in [0.3, 0.4) is 0 Å². The molecule has 1 rings (SSSR count). The molecular weight excluding hydrogens is 391 g/mol. The molecule has 5 nitrogen and oxygen atoms in total. The maximum Gasteiger partial charge on any atom is 0.244 e. The van der Waals surface area contributed by atoms with Crippen LogP contribution in [0, 0.1) is 0 Å². The first-order chi connectivity index (χ1) is 9.13. The highest BCUT2D eigenvalue weighted by atomic mass is 79.9. The molecule has 0 radical (unpaired) electrons. The fourth-order valence-electron chi connectivity index (χ4n) is 1.39. The first-order valence-electron chi connectivity index (χ1n) is 5.57. The topological polar surface area (TPSA) is 75.3 Å². The fraction of sp³-hybridized carbons (Fsp3) is 0.364. The third kappa shape index (κ3) is 4.89. The van der Waals surface area contributed by atoms with Gasteiger partial charge in [0.1, 0.15) is 4.90 Å². The van der Waals surface area contributed by atoms with E-state index in [1.807, 2.05) is 0 Å². The predicted molar refractivity (Wildman–Crippen MR) is 82.6 cm³/mol. The quantitative estimate of drug-likeness (QED) is 0.793. The highest BCUT2D eigenvalue weighted by molar-refractivity contribution is 9.10. The summed E-state index contributed by atoms with van der Waals surface area (Å²) in [6, 6.07) is 2.75. The van der Waals surface area contributed by atoms with Gasteiger partial charge in [0.25, 0.3) is 0 Å². The van der Waals surface area contributed by atoms with Gasteiger partial charge in [-0.15, -0.1) is 0 Å². The van der Waals surface area contributed by atoms with Gasteiger partial charge in [-0.25, -0.2) is 13.1 Å². The highest BCUT2D eigenvalue weighted by Gasteiger charge is 2.23. The van der Waals surface area contributed by atoms with E-state index in [1.54, 1.807) is 13.8 Å². The van der Waals surface area contributed by atoms with Gasteiger partial charge < -0.3 is 5.32 Å². The molecule has 0 saturated heterocycles. The second kappa shape index (κ2) is 7.09. The van der Waals surface area contributed by atoms with Crippen molar-refractivity contribution in [2.45, 2.75) is 24.8 Å². The lowest BCUT2D eigenvalue weighted by Crippen LogP contribution is -2.39. The number of sulfonamides is 1. The molecule has 2 N–H and O–H groups in total. The molecule has 0 atom stereocenters. The number of carbonyl (C=O) groups excluding carboxylic acids is 1. The molecule has 0 aliphatic rings. The maximum atomic E-state index is 12.1. The van der Waals surface area contributed by atoms with Gasteiger partial charge in [-0.1, -0.05) is 39.1 Å². The average Bonchev–Trinajstić information content (AvgIpc) is 2.23. The molecule has 20 heavy (non-hydrogen) atoms. The Kier molecular flexibility index (Phi) is 6.27. The minimum absolute atomic E-state index is 0.0267. The molecule has 0 spiro atoms. The third-order valence-electron chi connectivity index (χ3n) is 2.10. The fourth-order valence-corrected chi connectivity index (χ4v) is 4.31. The van der Waals surface area contributed by atoms with Crippen LogP contribution in [0.2, 0.25) is 10.0 Å². The Morgan fingerprint density at radius 3 is 2.25 bits per heavy atom. The number of nitrogens with one attached hydrogen (secondary N) is 2. The Balaban J connectivity index is 2.93. The highest BCUT2D eigenvalue weighted by Crippen LogP contribution is 2.32. The monoisotopic (exact) mass is 402 g/mol. The van der Waals surface area contributed by atoms with Crippen LogP contribution in [-0.4, -0.2) is 26.9 Å². The van der Waals surface area contributed by atoms with E-state index in [1.165, 1.54) is 12.1 Å². The second-order valence-electron chi connectivity index (χ2n) is 4.25. The lowest BCUT2D eigenvalue weighted by Gasteiger charge is -2.12. The lowest BCUT2D eigenvalue weighted by molar-refractivity contribution is -0.120. The molecule has 1 amide bonds. The van der Waals surface area contributed by atoms with Crippen molar-refractivity contribution in [1.29, 1.82) is 0 Å². The molecule has 1 aromatic carbocycles. The van der Waals surface area contributed by atoms with Crippen LogP contribution in [0.4, 0.5) is 0 Å². The third-order valence-corrected chi connectivity index (χ3v) is 4.88. The SMILES string of the molecule is CC(C)NC(=O)CNS(=O)(=O)c1c(Cl)cc(Br)cc1Cl. The van der Waals surface area contributed by atoms with E-state index in [9.17, 15) is 13.2 Å². The smallest absolute Gasteiger partial charge is 0.244 e. The number of hydrogen-bond acceptors (Lipinski definition) is 3. The molecule has 0 fully saturated rings. The van der Waals surface area contributed by atoms with Crippen molar-refractivity contribution in [2.24, 2.45) is 0 Å². The zero-order valence-corrected chi connectivity index (χ0v) is 14.6. The van der Waals surface area contributed by atoms with Crippen molar-refractivity contribution >= 4 is 55.1 Å². The normalized spacial score (nSPS) is 11.7. The Bertz CT molecular complexity index is 597. The standard InChI is InChI=1S/C11H13BrCl2N2O3S/c1-6(2)16-10(17)5-15-20(18,19)11-8(13)3-7(12)4-9(11)14/h3-4,6,15H,5H2,1-2H3,(H,16,17). The van der Waals surface area contributed by atoms with Crippen molar-refractivity contribution in [3.63, 3.8) is 0 Å². The summed E-state index contributed by atoms with van der Waals surface area (Å²) in [6.45, 7) is 3.16. The van der Waals surface area contributed by atoms with Crippen molar-refractivity contribution in [1.82, 2.24) is 10.0 Å². The molecule has 112 valence electrons. The summed E-state index contributed by atoms with van der Waals surface area (Å²) in [4.78, 5) is 11.2. The minimum Gasteiger partial charge on any atom is -0.353 e. The molecular formula is C11H13BrCl2N2O3S. The Hall–Kier alpha value is -0.340. The average molecular weight is 404 g/mol. The lowest BCUT2D eigenvalue weighted by atomic mass is 10.4. The zero-order valence-electron chi connectivity index (χ0n) is 10.7. The van der Waals surface area contributed by atoms with Gasteiger partial charge in [-0.05, 0) is 26.0 Å². The summed E-state index contributed by atoms with van der Waals surface area (Å²) < 4.78 is 26.9. The van der Waals surface area contributed by atoms with E-state index in [2.05, 4.69) is 26.0 Å². The maximum absolute atomic E-state index is 12.1. The number of amides is 1. The largest absolute Gasteiger partial charge is 0.353 e. The van der Waals surface area contributed by atoms with E-state index >= 15 is 0 Å². The molecule has 0 bridgehead atoms. The van der Waals surface area contributed by atoms with Crippen LogP contribution in [0.15, 0.2) is 21.5 Å². The summed E-state index contributed by atoms with van der Waals surface area (Å²) in [7, 11) is -3.96. The van der Waals surface area contributed by atoms with Gasteiger partial charge >= 0.3 is 0 Å². The molecule has 9 heteroatoms. The van der Waals surface area contributed by atoms with Gasteiger partial charge in [-0.3, -0.25) is 4.79 Å². The van der Waals surface area contributed by atoms with Crippen molar-refractivity contribution in [2.75, 3.05) is 6.54 Å². The van der Waals surface area contributed by atoms with E-state index < -0.39 is 15.9 Å². The van der Waals surface area contributed by atoms with Crippen molar-refractivity contribution < 1.29 is 13.2 Å². The van der Waals surface area contributed by atoms with Gasteiger partial charge in [0, 0.05) is 10.5 Å². The summed E-state index contributed by atoms with van der Waals surface area (Å²) in [5.74, 6) is -0.437. The van der Waals surface area contributed by atoms with Gasteiger partial charge in [0.15, 0.2) is 0 Å². The number of benzene rings is 1. The van der Waals surface area contributed by atoms with Crippen LogP contribution in [0.25, 0.3) is 0 Å². The minimum atomic E-state index is -3.96. The van der Waals surface area contributed by atoms with Crippen molar-refractivity contribution in [3.05, 3.63) is 26.7 Å². The molecule has 0 aliphatic carbocycles. The second-order valence-corrected chi connectivity index (χ2v) is 7.68. The van der Waals surface area contributed by atoms with E-state index in [0.717, 1.165) is 0 Å². The number of hydrogen-bond donors (Lipinski definition) is 2. The van der Waals surface area contributed by atoms with Gasteiger partial charge in [0.2, 0.25) is 15.9 Å². The van der Waals surface area contributed by atoms with Crippen LogP contribution >= 0.6 is 39.1 Å². The van der Waals surface area contributed by atoms with E-state index in [4.69, 9.17) is 23.2 Å². The molecule has 0 saturated carbocycles. The van der Waals surface area contributed by atoms with E-state index in [-0.39, 0.29) is 27.5 Å². The van der Waals surface area contributed by atoms with Crippen molar-refractivity contribution in [3.8, 4) is 0 Å². The van der Waals surface area contributed by atoms with Gasteiger partial charge in [0.05, 0.1) is 16.6 Å². The molecule has 0 aliphatic heterocycles. The summed E-state index contributed by atoms with van der Waals surface area (Å²) in [5.41, 5.74) is 0. The molecule has 0 heterocycles. The first kappa shape index (κ1) is 17.7. The number of halogens is 3. The predicted octanol–water partition coefficient (Wildman–Crippen LogP) is 2.56. The molecule has 0 unspecified atom stereocenters.